The fourth-order valence-corrected chi connectivity index (χ4v) is 2.63. The fourth-order valence-electron chi connectivity index (χ4n) is 2.63. The second kappa shape index (κ2) is 6.06. The normalized spacial score (nSPS) is 11.0. The third-order valence-corrected chi connectivity index (χ3v) is 3.86. The smallest absolute Gasteiger partial charge is 0.251 e. The van der Waals surface area contributed by atoms with Crippen LogP contribution in [0.15, 0.2) is 48.5 Å². The predicted molar refractivity (Wildman–Crippen MR) is 88.8 cm³/mol. The van der Waals surface area contributed by atoms with Crippen molar-refractivity contribution in [1.82, 2.24) is 5.32 Å². The molecule has 3 aromatic rings. The summed E-state index contributed by atoms with van der Waals surface area (Å²) in [6.07, 6.45) is 1.96. The molecule has 3 aromatic carbocycles. The molecule has 0 spiro atoms. The first kappa shape index (κ1) is 14.4. The van der Waals surface area contributed by atoms with E-state index in [0.29, 0.717) is 17.5 Å². The van der Waals surface area contributed by atoms with Gasteiger partial charge in [-0.15, -0.1) is 0 Å². The molecule has 3 nitrogen and oxygen atoms in total. The van der Waals surface area contributed by atoms with Crippen LogP contribution >= 0.6 is 0 Å². The van der Waals surface area contributed by atoms with Gasteiger partial charge in [0, 0.05) is 17.5 Å². The minimum absolute atomic E-state index is 0.108. The van der Waals surface area contributed by atoms with E-state index < -0.39 is 0 Å². The summed E-state index contributed by atoms with van der Waals surface area (Å²) in [5, 5.41) is 18.7. The van der Waals surface area contributed by atoms with Crippen LogP contribution in [0.25, 0.3) is 21.5 Å². The van der Waals surface area contributed by atoms with E-state index in [1.165, 1.54) is 6.07 Å². The average molecular weight is 292 g/mol. The van der Waals surface area contributed by atoms with Crippen molar-refractivity contribution in [2.24, 2.45) is 0 Å². The summed E-state index contributed by atoms with van der Waals surface area (Å²) < 4.78 is 0. The van der Waals surface area contributed by atoms with E-state index in [0.717, 1.165) is 29.0 Å². The van der Waals surface area contributed by atoms with E-state index >= 15 is 0 Å². The lowest BCUT2D eigenvalue weighted by Gasteiger charge is -2.08. The summed E-state index contributed by atoms with van der Waals surface area (Å²) in [6.45, 7) is 2.71. The number of nitrogens with one attached hydrogen (secondary N) is 1. The van der Waals surface area contributed by atoms with E-state index in [1.807, 2.05) is 36.4 Å². The number of hydrogen-bond donors (Lipinski definition) is 1. The Hall–Kier alpha value is -2.55. The van der Waals surface area contributed by atoms with Gasteiger partial charge in [-0.25, -0.2) is 0 Å². The maximum Gasteiger partial charge on any atom is 0.251 e. The van der Waals surface area contributed by atoms with Gasteiger partial charge < -0.3 is 5.32 Å². The molecule has 22 heavy (non-hydrogen) atoms. The minimum atomic E-state index is -0.180. The lowest BCUT2D eigenvalue weighted by molar-refractivity contribution is 0.0952. The van der Waals surface area contributed by atoms with Gasteiger partial charge in [0.05, 0.1) is 0 Å². The van der Waals surface area contributed by atoms with Gasteiger partial charge >= 0.3 is 0 Å². The zero-order chi connectivity index (χ0) is 15.5. The highest BCUT2D eigenvalue weighted by Crippen LogP contribution is 2.31. The summed E-state index contributed by atoms with van der Waals surface area (Å²) in [4.78, 5) is 12.1. The Bertz CT molecular complexity index is 839. The van der Waals surface area contributed by atoms with Gasteiger partial charge in [-0.3, -0.25) is 9.90 Å². The molecule has 0 aliphatic carbocycles. The Balaban J connectivity index is 2.03. The van der Waals surface area contributed by atoms with Crippen LogP contribution in [0.5, 0.6) is 5.75 Å². The average Bonchev–Trinajstić information content (AvgIpc) is 2.53. The Kier molecular flexibility index (Phi) is 3.96. The molecule has 0 saturated heterocycles. The topological polar surface area (TPSA) is 49.0 Å². The van der Waals surface area contributed by atoms with E-state index in [9.17, 15) is 9.90 Å². The number of carbonyl (C=O) groups excluding carboxylic acids is 1. The van der Waals surface area contributed by atoms with Crippen LogP contribution in [0.2, 0.25) is 0 Å². The molecule has 111 valence electrons. The summed E-state index contributed by atoms with van der Waals surface area (Å²) >= 11 is 0. The van der Waals surface area contributed by atoms with Gasteiger partial charge in [-0.1, -0.05) is 37.6 Å². The number of carbonyl (C=O) groups is 1. The molecule has 0 aliphatic heterocycles. The van der Waals surface area contributed by atoms with Gasteiger partial charge in [0.1, 0.15) is 0 Å². The second-order valence-corrected chi connectivity index (χ2v) is 5.50. The zero-order valence-corrected chi connectivity index (χ0v) is 12.6. The molecule has 1 N–H and O–H groups in total. The van der Waals surface area contributed by atoms with Crippen molar-refractivity contribution in [2.75, 3.05) is 6.54 Å². The summed E-state index contributed by atoms with van der Waals surface area (Å²) in [7, 11) is 0. The van der Waals surface area contributed by atoms with Crippen molar-refractivity contribution in [1.29, 1.82) is 0 Å². The largest absolute Gasteiger partial charge is 0.352 e. The van der Waals surface area contributed by atoms with Crippen LogP contribution < -0.4 is 5.32 Å². The van der Waals surface area contributed by atoms with Crippen molar-refractivity contribution in [2.45, 2.75) is 19.8 Å². The van der Waals surface area contributed by atoms with Crippen LogP contribution in [-0.2, 0) is 5.11 Å². The van der Waals surface area contributed by atoms with Gasteiger partial charge in [-0.2, -0.15) is 0 Å². The summed E-state index contributed by atoms with van der Waals surface area (Å²) in [6, 6.07) is 15.0. The van der Waals surface area contributed by atoms with E-state index in [1.54, 1.807) is 6.07 Å². The van der Waals surface area contributed by atoms with Gasteiger partial charge in [0.2, 0.25) is 0 Å². The highest BCUT2D eigenvalue weighted by molar-refractivity contribution is 6.05. The molecule has 3 rings (SSSR count). The van der Waals surface area contributed by atoms with Crippen LogP contribution in [0.3, 0.4) is 0 Å². The molecule has 0 aliphatic rings. The standard InChI is InChI=1S/C19H18NO2/c1-2-3-8-20-19(22)16-10-15-9-13-6-4-5-7-14(13)11-17(15)18(21)12-16/h4-7,9-12H,2-3,8H2,1H3,(H,20,22). The van der Waals surface area contributed by atoms with Crippen LogP contribution in [-0.4, -0.2) is 12.5 Å². The molecule has 0 unspecified atom stereocenters. The maximum atomic E-state index is 12.3. The Morgan fingerprint density at radius 3 is 2.45 bits per heavy atom. The number of benzene rings is 3. The van der Waals surface area contributed by atoms with Crippen LogP contribution in [0.1, 0.15) is 30.1 Å². The van der Waals surface area contributed by atoms with Crippen molar-refractivity contribution in [3.63, 3.8) is 0 Å². The molecule has 1 radical (unpaired) electrons. The Morgan fingerprint density at radius 2 is 1.73 bits per heavy atom. The SMILES string of the molecule is CCCCNC(=O)c1cc([O])c2cc3ccccc3cc2c1. The zero-order valence-electron chi connectivity index (χ0n) is 12.6. The highest BCUT2D eigenvalue weighted by atomic mass is 16.3. The quantitative estimate of drug-likeness (QED) is 0.551. The van der Waals surface area contributed by atoms with E-state index in [4.69, 9.17) is 0 Å². The van der Waals surface area contributed by atoms with Gasteiger partial charge in [-0.05, 0) is 46.8 Å². The molecular weight excluding hydrogens is 274 g/mol. The van der Waals surface area contributed by atoms with Gasteiger partial charge in [0.25, 0.3) is 5.91 Å². The molecule has 0 atom stereocenters. The van der Waals surface area contributed by atoms with Crippen LogP contribution in [0.4, 0.5) is 0 Å². The molecular formula is C19H18NO2. The molecule has 0 bridgehead atoms. The lowest BCUT2D eigenvalue weighted by atomic mass is 10.0. The first-order valence-electron chi connectivity index (χ1n) is 7.61. The second-order valence-electron chi connectivity index (χ2n) is 5.50. The lowest BCUT2D eigenvalue weighted by Crippen LogP contribution is -2.24. The number of rotatable bonds is 4. The van der Waals surface area contributed by atoms with Crippen molar-refractivity contribution in [3.8, 4) is 5.75 Å². The molecule has 0 aromatic heterocycles. The third-order valence-electron chi connectivity index (χ3n) is 3.86. The Labute approximate surface area is 129 Å². The molecule has 1 amide bonds. The number of unbranched alkanes of at least 4 members (excludes halogenated alkanes) is 1. The monoisotopic (exact) mass is 292 g/mol. The first-order chi connectivity index (χ1) is 10.7. The van der Waals surface area contributed by atoms with Gasteiger partial charge in [0.15, 0.2) is 5.75 Å². The maximum absolute atomic E-state index is 12.3. The number of fused-ring (bicyclic) bond motifs is 2. The molecule has 0 saturated carbocycles. The molecule has 0 heterocycles. The first-order valence-corrected chi connectivity index (χ1v) is 7.61. The van der Waals surface area contributed by atoms with Crippen molar-refractivity contribution >= 4 is 27.5 Å². The highest BCUT2D eigenvalue weighted by Gasteiger charge is 2.11. The predicted octanol–water partition coefficient (Wildman–Crippen LogP) is 4.67. The van der Waals surface area contributed by atoms with E-state index in [-0.39, 0.29) is 11.7 Å². The summed E-state index contributed by atoms with van der Waals surface area (Å²) in [5.41, 5.74) is 0.434. The Morgan fingerprint density at radius 1 is 1.00 bits per heavy atom. The number of amides is 1. The van der Waals surface area contributed by atoms with Crippen LogP contribution in [0, 0.1) is 0 Å². The van der Waals surface area contributed by atoms with Crippen molar-refractivity contribution in [3.05, 3.63) is 54.1 Å². The minimum Gasteiger partial charge on any atom is -0.352 e. The summed E-state index contributed by atoms with van der Waals surface area (Å²) in [5.74, 6) is -0.287. The number of hydrogen-bond acceptors (Lipinski definition) is 1. The molecule has 0 fully saturated rings. The van der Waals surface area contributed by atoms with E-state index in [2.05, 4.69) is 12.2 Å². The third kappa shape index (κ3) is 2.75. The fraction of sp³-hybridized carbons (Fsp3) is 0.211. The molecule has 3 heteroatoms. The van der Waals surface area contributed by atoms with Crippen molar-refractivity contribution < 1.29 is 9.90 Å².